The summed E-state index contributed by atoms with van der Waals surface area (Å²) in [6.45, 7) is 14.1. The maximum absolute atomic E-state index is 7.35. The third kappa shape index (κ3) is 5.27. The lowest BCUT2D eigenvalue weighted by molar-refractivity contribution is 0.187. The Morgan fingerprint density at radius 1 is 1.03 bits per heavy atom. The Bertz CT molecular complexity index is 1300. The van der Waals surface area contributed by atoms with Gasteiger partial charge in [-0.25, -0.2) is 6.57 Å². The number of anilines is 1. The lowest BCUT2D eigenvalue weighted by Crippen LogP contribution is -2.38. The molecule has 7 nitrogen and oxygen atoms in total. The predicted octanol–water partition coefficient (Wildman–Crippen LogP) is 4.75. The van der Waals surface area contributed by atoms with Gasteiger partial charge in [0.25, 0.3) is 0 Å². The molecule has 0 saturated carbocycles. The van der Waals surface area contributed by atoms with Crippen molar-refractivity contribution in [1.29, 1.82) is 0 Å². The molecule has 0 aliphatic carbocycles. The second kappa shape index (κ2) is 10.6. The van der Waals surface area contributed by atoms with Crippen molar-refractivity contribution in [3.8, 4) is 6.01 Å². The maximum Gasteiger partial charge on any atom is 0.318 e. The summed E-state index contributed by atoms with van der Waals surface area (Å²) in [6.07, 6.45) is 4.61. The summed E-state index contributed by atoms with van der Waals surface area (Å²) >= 11 is 0. The second-order valence-corrected chi connectivity index (χ2v) is 11.0. The molecular formula is C30H36N6O. The lowest BCUT2D eigenvalue weighted by Gasteiger charge is -2.32. The minimum Gasteiger partial charge on any atom is -0.462 e. The van der Waals surface area contributed by atoms with Crippen LogP contribution in [0.25, 0.3) is 15.6 Å². The minimum atomic E-state index is 0.406. The first-order valence-corrected chi connectivity index (χ1v) is 13.7. The highest BCUT2D eigenvalue weighted by Gasteiger charge is 2.31. The van der Waals surface area contributed by atoms with Gasteiger partial charge in [0.15, 0.2) is 0 Å². The third-order valence-corrected chi connectivity index (χ3v) is 8.27. The van der Waals surface area contributed by atoms with Crippen molar-refractivity contribution in [2.75, 3.05) is 44.7 Å². The Balaban J connectivity index is 1.24. The molecule has 2 aromatic carbocycles. The number of likely N-dealkylation sites (tertiary alicyclic amines) is 1. The second-order valence-electron chi connectivity index (χ2n) is 11.0. The number of likely N-dealkylation sites (N-methyl/N-ethyl adjacent to an activating group) is 1. The molecule has 0 amide bonds. The minimum absolute atomic E-state index is 0.406. The number of hydrogen-bond donors (Lipinski definition) is 0. The highest BCUT2D eigenvalue weighted by molar-refractivity contribution is 5.83. The zero-order valence-corrected chi connectivity index (χ0v) is 21.8. The zero-order valence-electron chi connectivity index (χ0n) is 21.8. The Hall–Kier alpha value is -3.21. The summed E-state index contributed by atoms with van der Waals surface area (Å²) in [7, 11) is 2.17. The number of fused-ring (bicyclic) bond motifs is 2. The van der Waals surface area contributed by atoms with Crippen molar-refractivity contribution in [1.82, 2.24) is 19.8 Å². The zero-order chi connectivity index (χ0) is 25.2. The highest BCUT2D eigenvalue weighted by Crippen LogP contribution is 2.34. The van der Waals surface area contributed by atoms with E-state index in [1.807, 2.05) is 0 Å². The summed E-state index contributed by atoms with van der Waals surface area (Å²) in [4.78, 5) is 20.8. The Morgan fingerprint density at radius 3 is 2.73 bits per heavy atom. The number of rotatable bonds is 7. The van der Waals surface area contributed by atoms with Crippen LogP contribution in [0, 0.1) is 12.5 Å². The van der Waals surface area contributed by atoms with Crippen LogP contribution in [0.3, 0.4) is 0 Å². The van der Waals surface area contributed by atoms with Crippen molar-refractivity contribution in [3.63, 3.8) is 0 Å². The van der Waals surface area contributed by atoms with Crippen LogP contribution < -0.4 is 9.64 Å². The van der Waals surface area contributed by atoms with E-state index in [4.69, 9.17) is 21.3 Å². The number of aromatic nitrogens is 2. The van der Waals surface area contributed by atoms with Gasteiger partial charge in [0.2, 0.25) is 6.54 Å². The number of nitrogens with zero attached hydrogens (tertiary/aromatic N) is 6. The Kier molecular flexibility index (Phi) is 6.95. The molecule has 0 bridgehead atoms. The molecule has 3 aliphatic rings. The van der Waals surface area contributed by atoms with E-state index in [-0.39, 0.29) is 0 Å². The molecule has 0 N–H and O–H groups in total. The van der Waals surface area contributed by atoms with Crippen molar-refractivity contribution in [2.24, 2.45) is 5.92 Å². The van der Waals surface area contributed by atoms with Crippen LogP contribution in [0.4, 0.5) is 5.82 Å². The van der Waals surface area contributed by atoms with Crippen LogP contribution in [-0.4, -0.2) is 65.6 Å². The van der Waals surface area contributed by atoms with Crippen LogP contribution in [0.5, 0.6) is 6.01 Å². The molecule has 2 fully saturated rings. The summed E-state index contributed by atoms with van der Waals surface area (Å²) in [5.41, 5.74) is 3.64. The van der Waals surface area contributed by atoms with Crippen LogP contribution in [0.1, 0.15) is 42.5 Å². The molecule has 0 spiro atoms. The molecule has 4 heterocycles. The first kappa shape index (κ1) is 24.1. The van der Waals surface area contributed by atoms with Gasteiger partial charge in [-0.1, -0.05) is 36.4 Å². The smallest absolute Gasteiger partial charge is 0.318 e. The monoisotopic (exact) mass is 496 g/mol. The summed E-state index contributed by atoms with van der Waals surface area (Å²) in [5, 5.41) is 2.56. The fourth-order valence-corrected chi connectivity index (χ4v) is 6.21. The van der Waals surface area contributed by atoms with Crippen molar-refractivity contribution >= 4 is 16.6 Å². The normalized spacial score (nSPS) is 22.3. The van der Waals surface area contributed by atoms with Crippen LogP contribution >= 0.6 is 0 Å². The van der Waals surface area contributed by atoms with Gasteiger partial charge in [0, 0.05) is 50.2 Å². The topological polar surface area (TPSA) is 49.1 Å². The highest BCUT2D eigenvalue weighted by atomic mass is 16.5. The molecule has 3 aliphatic heterocycles. The standard InChI is InChI=1S/C30H36N6O/c1-31-16-23-7-5-14-36(18-23)29-27-19-35(17-22-11-12-24-8-3-4-9-25(24)15-22)20-28(27)32-30(33-29)37-21-26-10-6-13-34(26)2/h3-4,8-9,11-12,15,23,26H,5-7,10,13-14,16-21H2,2H3/t23-,26-/m0/s1. The SMILES string of the molecule is [C-]#[N+]C[C@@H]1CCCN(c2nc(OC[C@@H]3CCCN3C)nc3c2CN(Cc2ccc4ccccc4c2)C3)C1. The van der Waals surface area contributed by atoms with E-state index < -0.39 is 0 Å². The molecule has 0 unspecified atom stereocenters. The Morgan fingerprint density at radius 2 is 1.89 bits per heavy atom. The average Bonchev–Trinajstić information content (AvgIpc) is 3.52. The van der Waals surface area contributed by atoms with E-state index in [0.717, 1.165) is 70.0 Å². The van der Waals surface area contributed by atoms with Gasteiger partial charge in [-0.3, -0.25) is 4.90 Å². The van der Waals surface area contributed by atoms with Gasteiger partial charge in [-0.05, 0) is 61.7 Å². The van der Waals surface area contributed by atoms with Gasteiger partial charge < -0.3 is 19.4 Å². The molecule has 2 atom stereocenters. The molecule has 0 radical (unpaired) electrons. The van der Waals surface area contributed by atoms with Crippen LogP contribution in [0.15, 0.2) is 42.5 Å². The number of piperidine rings is 1. The van der Waals surface area contributed by atoms with E-state index in [1.54, 1.807) is 0 Å². The largest absolute Gasteiger partial charge is 0.462 e. The van der Waals surface area contributed by atoms with E-state index >= 15 is 0 Å². The number of hydrogen-bond acceptors (Lipinski definition) is 6. The van der Waals surface area contributed by atoms with Crippen molar-refractivity contribution in [3.05, 3.63) is 70.7 Å². The molecular weight excluding hydrogens is 460 g/mol. The molecule has 192 valence electrons. The maximum atomic E-state index is 7.35. The molecule has 37 heavy (non-hydrogen) atoms. The first-order chi connectivity index (χ1) is 18.2. The van der Waals surface area contributed by atoms with E-state index in [9.17, 15) is 0 Å². The van der Waals surface area contributed by atoms with Gasteiger partial charge in [-0.2, -0.15) is 9.97 Å². The fourth-order valence-electron chi connectivity index (χ4n) is 6.21. The molecule has 3 aromatic rings. The molecule has 2 saturated heterocycles. The van der Waals surface area contributed by atoms with Crippen molar-refractivity contribution < 1.29 is 4.74 Å². The number of benzene rings is 2. The molecule has 1 aromatic heterocycles. The van der Waals surface area contributed by atoms with Crippen molar-refractivity contribution in [2.45, 2.75) is 51.4 Å². The summed E-state index contributed by atoms with van der Waals surface area (Å²) in [5.74, 6) is 1.43. The molecule has 7 heteroatoms. The summed E-state index contributed by atoms with van der Waals surface area (Å²) in [6, 6.07) is 16.2. The van der Waals surface area contributed by atoms with E-state index in [1.165, 1.54) is 28.3 Å². The van der Waals surface area contributed by atoms with Gasteiger partial charge in [0.1, 0.15) is 12.4 Å². The van der Waals surface area contributed by atoms with Crippen LogP contribution in [0.2, 0.25) is 0 Å². The Labute approximate surface area is 219 Å². The predicted molar refractivity (Wildman–Crippen MR) is 146 cm³/mol. The first-order valence-electron chi connectivity index (χ1n) is 13.7. The lowest BCUT2D eigenvalue weighted by atomic mass is 9.98. The van der Waals surface area contributed by atoms with Gasteiger partial charge >= 0.3 is 6.01 Å². The third-order valence-electron chi connectivity index (χ3n) is 8.27. The number of ether oxygens (including phenoxy) is 1. The quantitative estimate of drug-likeness (QED) is 0.440. The average molecular weight is 497 g/mol. The fraction of sp³-hybridized carbons (Fsp3) is 0.500. The van der Waals surface area contributed by atoms with E-state index in [0.29, 0.717) is 31.1 Å². The summed E-state index contributed by atoms with van der Waals surface area (Å²) < 4.78 is 6.24. The van der Waals surface area contributed by atoms with Crippen LogP contribution in [-0.2, 0) is 19.6 Å². The van der Waals surface area contributed by atoms with E-state index in [2.05, 4.69) is 69.1 Å². The van der Waals surface area contributed by atoms with Gasteiger partial charge in [0.05, 0.1) is 5.69 Å². The van der Waals surface area contributed by atoms with Gasteiger partial charge in [-0.15, -0.1) is 0 Å². The molecule has 6 rings (SSSR count).